The highest BCUT2D eigenvalue weighted by Gasteiger charge is 2.35. The number of anilines is 3. The van der Waals surface area contributed by atoms with Gasteiger partial charge in [-0.1, -0.05) is 173 Å². The maximum absolute atomic E-state index is 15.0. The van der Waals surface area contributed by atoms with Gasteiger partial charge in [0.15, 0.2) is 0 Å². The minimum atomic E-state index is -2.21. The van der Waals surface area contributed by atoms with Gasteiger partial charge in [0.2, 0.25) is 17.7 Å². The van der Waals surface area contributed by atoms with E-state index in [1.54, 1.807) is 128 Å². The molecular weight excluding hydrogens is 1260 g/mol. The molecule has 18 nitrogen and oxygen atoms in total. The molecule has 6 amide bonds. The van der Waals surface area contributed by atoms with Crippen molar-refractivity contribution in [2.75, 3.05) is 16.0 Å². The Bertz CT molecular complexity index is 3240. The van der Waals surface area contributed by atoms with E-state index in [2.05, 4.69) is 31.9 Å². The van der Waals surface area contributed by atoms with Gasteiger partial charge in [0.05, 0.1) is 49.1 Å². The van der Waals surface area contributed by atoms with E-state index >= 15 is 0 Å². The number of benzene rings is 5. The van der Waals surface area contributed by atoms with Crippen LogP contribution < -0.4 is 31.9 Å². The van der Waals surface area contributed by atoms with Gasteiger partial charge >= 0.3 is 18.2 Å². The van der Waals surface area contributed by atoms with Crippen molar-refractivity contribution >= 4 is 93.6 Å². The third-order valence-electron chi connectivity index (χ3n) is 13.3. The highest BCUT2D eigenvalue weighted by atomic mass is 35.6. The van der Waals surface area contributed by atoms with Gasteiger partial charge in [-0.2, -0.15) is 0 Å². The number of halogens is 6. The summed E-state index contributed by atoms with van der Waals surface area (Å²) in [5, 5.41) is 33.6. The molecule has 0 saturated carbocycles. The molecule has 8 N–H and O–H groups in total. The topological polar surface area (TPSA) is 260 Å². The van der Waals surface area contributed by atoms with Gasteiger partial charge in [-0.3, -0.25) is 24.0 Å². The molecule has 0 aliphatic rings. The van der Waals surface area contributed by atoms with E-state index in [0.717, 1.165) is 28.3 Å². The molecule has 0 heterocycles. The Kier molecular flexibility index (Phi) is 33.9. The van der Waals surface area contributed by atoms with Crippen molar-refractivity contribution in [2.24, 2.45) is 35.5 Å². The number of alkyl halides is 3. The van der Waals surface area contributed by atoms with E-state index < -0.39 is 87.1 Å². The van der Waals surface area contributed by atoms with Gasteiger partial charge in [0.1, 0.15) is 37.3 Å². The summed E-state index contributed by atoms with van der Waals surface area (Å²) in [5.74, 6) is -7.69. The van der Waals surface area contributed by atoms with Crippen LogP contribution in [0.1, 0.15) is 97.1 Å². The van der Waals surface area contributed by atoms with Crippen LogP contribution in [0.15, 0.2) is 169 Å². The van der Waals surface area contributed by atoms with E-state index in [-0.39, 0.29) is 62.7 Å². The van der Waals surface area contributed by atoms with Crippen LogP contribution in [0, 0.1) is 35.5 Å². The first kappa shape index (κ1) is 78.0. The standard InChI is InChI=1S/C26H31FN2O5.C24H29FN2O4.C18H22Cl3FN2O3/c1-17(2)24(29-26(32)34-16-20-8-6-5-7-9-20)23(27)14-18(3)25(31)28-22-12-10-21(11-13-22)15-33-19(4)30;1-16(2)22(27-24(30)31-15-19-7-5-4-6-8-19)21(25)13-17(3)23(29)26-20-11-9-18(14-28)10-12-20;1-10(2)15(24-17(27)18(19,20)21)14(22)8-11(3)16(26)23-13-6-4-12(9-25)5-7-13/h5-14,17-18,24H,15-16H2,1-4H3,(H,28,31)(H,29,32);4-13,16-17,22,28H,14-15H2,1-3H3,(H,26,29)(H,27,30);4-8,10-11,15,25H,9H2,1-3H3,(H,23,26)(H,24,27)/b23-14-;21-13-;14-8-/t18-,24+;17-,22+;11-,15+/m111/s1. The number of aliphatic hydroxyl groups excluding tert-OH is 2. The maximum Gasteiger partial charge on any atom is 0.408 e. The molecule has 0 spiro atoms. The second kappa shape index (κ2) is 39.9. The van der Waals surface area contributed by atoms with Crippen LogP contribution >= 0.6 is 34.8 Å². The first-order valence-electron chi connectivity index (χ1n) is 29.4. The average molecular weight is 1340 g/mol. The fraction of sp³-hybridized carbons (Fsp3) is 0.368. The summed E-state index contributed by atoms with van der Waals surface area (Å²) < 4.78 is 57.5. The van der Waals surface area contributed by atoms with Crippen molar-refractivity contribution in [3.8, 4) is 0 Å². The van der Waals surface area contributed by atoms with Crippen molar-refractivity contribution in [2.45, 2.75) is 124 Å². The molecule has 0 radical (unpaired) electrons. The molecule has 0 aromatic heterocycles. The second-order valence-corrected chi connectivity index (χ2v) is 24.5. The Labute approximate surface area is 550 Å². The Morgan fingerprint density at radius 3 is 0.967 bits per heavy atom. The SMILES string of the molecule is CC(=O)OCc1ccc(NC(=O)[C@H](C)/C=C(\F)[C@@H](NC(=O)OCc2ccccc2)C(C)C)cc1.CC(C)[C@H](NC(=O)C(Cl)(Cl)Cl)/C(F)=C/[C@@H](C)C(=O)Nc1ccc(CO)cc1.CC(C)[C@H](NC(=O)OCc1ccccc1)/C(F)=C/[C@@H](C)C(=O)Nc1ccc(CO)cc1. The molecule has 0 aliphatic carbocycles. The Hall–Kier alpha value is -8.21. The molecule has 0 bridgehead atoms. The summed E-state index contributed by atoms with van der Waals surface area (Å²) in [6.07, 6.45) is 2.02. The highest BCUT2D eigenvalue weighted by Crippen LogP contribution is 2.28. The zero-order chi connectivity index (χ0) is 68.7. The van der Waals surface area contributed by atoms with E-state index in [9.17, 15) is 46.7 Å². The number of carbonyl (C=O) groups is 7. The average Bonchev–Trinajstić information content (AvgIpc) is 1.48. The number of hydrogen-bond donors (Lipinski definition) is 8. The molecule has 0 aliphatic heterocycles. The number of carbonyl (C=O) groups excluding carboxylic acids is 7. The lowest BCUT2D eigenvalue weighted by Crippen LogP contribution is -2.44. The monoisotopic (exact) mass is 1340 g/mol. The van der Waals surface area contributed by atoms with Crippen LogP contribution in [0.25, 0.3) is 0 Å². The normalized spacial score (nSPS) is 13.6. The molecule has 5 aromatic carbocycles. The summed E-state index contributed by atoms with van der Waals surface area (Å²) in [6.45, 7) is 16.5. The second-order valence-electron chi connectivity index (χ2n) is 22.2. The third-order valence-corrected chi connectivity index (χ3v) is 13.9. The summed E-state index contributed by atoms with van der Waals surface area (Å²) in [5.41, 5.74) is 5.44. The van der Waals surface area contributed by atoms with E-state index in [0.29, 0.717) is 22.6 Å². The number of hydrogen-bond acceptors (Lipinski definition) is 12. The fourth-order valence-electron chi connectivity index (χ4n) is 7.95. The summed E-state index contributed by atoms with van der Waals surface area (Å²) in [4.78, 5) is 84.1. The molecule has 5 aromatic rings. The number of esters is 1. The minimum Gasteiger partial charge on any atom is -0.461 e. The molecule has 0 saturated heterocycles. The van der Waals surface area contributed by atoms with Crippen LogP contribution in [0.3, 0.4) is 0 Å². The molecule has 6 atom stereocenters. The summed E-state index contributed by atoms with van der Waals surface area (Å²) in [7, 11) is 0. The number of ether oxygens (including phenoxy) is 3. The number of alkyl carbamates (subject to hydrolysis) is 2. The number of aliphatic hydroxyl groups is 2. The largest absolute Gasteiger partial charge is 0.461 e. The maximum atomic E-state index is 15.0. The molecule has 0 fully saturated rings. The molecule has 0 unspecified atom stereocenters. The van der Waals surface area contributed by atoms with Gasteiger partial charge in [0, 0.05) is 24.0 Å². The lowest BCUT2D eigenvalue weighted by molar-refractivity contribution is -0.142. The van der Waals surface area contributed by atoms with Crippen LogP contribution in [0.2, 0.25) is 0 Å². The van der Waals surface area contributed by atoms with E-state index in [1.807, 2.05) is 60.7 Å². The molecular formula is C68H82Cl3F3N6O12. The molecule has 92 heavy (non-hydrogen) atoms. The fourth-order valence-corrected chi connectivity index (χ4v) is 8.11. The van der Waals surface area contributed by atoms with Gasteiger partial charge in [-0.05, 0) is 121 Å². The Morgan fingerprint density at radius 2 is 0.696 bits per heavy atom. The number of nitrogens with one attached hydrogen (secondary N) is 6. The van der Waals surface area contributed by atoms with Gasteiger partial charge in [0.25, 0.3) is 9.70 Å². The lowest BCUT2D eigenvalue weighted by Gasteiger charge is -2.23. The predicted molar refractivity (Wildman–Crippen MR) is 351 cm³/mol. The Balaban J connectivity index is 0.000000363. The third kappa shape index (κ3) is 29.4. The summed E-state index contributed by atoms with van der Waals surface area (Å²) >= 11 is 16.5. The quantitative estimate of drug-likeness (QED) is 0.0146. The van der Waals surface area contributed by atoms with Crippen LogP contribution in [0.5, 0.6) is 0 Å². The first-order valence-corrected chi connectivity index (χ1v) is 30.5. The van der Waals surface area contributed by atoms with Crippen LogP contribution in [0.4, 0.5) is 39.8 Å². The summed E-state index contributed by atoms with van der Waals surface area (Å²) in [6, 6.07) is 35.6. The molecule has 24 heteroatoms. The van der Waals surface area contributed by atoms with Gasteiger partial charge in [-0.25, -0.2) is 22.8 Å². The number of rotatable bonds is 26. The zero-order valence-electron chi connectivity index (χ0n) is 52.9. The van der Waals surface area contributed by atoms with Crippen molar-refractivity contribution in [3.63, 3.8) is 0 Å². The zero-order valence-corrected chi connectivity index (χ0v) is 55.2. The lowest BCUT2D eigenvalue weighted by atomic mass is 10.00. The minimum absolute atomic E-state index is 0.0707. The smallest absolute Gasteiger partial charge is 0.408 e. The molecule has 498 valence electrons. The number of amides is 6. The van der Waals surface area contributed by atoms with Crippen molar-refractivity contribution < 1.29 is 71.2 Å². The highest BCUT2D eigenvalue weighted by molar-refractivity contribution is 6.76. The van der Waals surface area contributed by atoms with Gasteiger partial charge < -0.3 is 56.3 Å². The van der Waals surface area contributed by atoms with Crippen molar-refractivity contribution in [1.82, 2.24) is 16.0 Å². The van der Waals surface area contributed by atoms with E-state index in [4.69, 9.17) is 59.2 Å². The van der Waals surface area contributed by atoms with Gasteiger partial charge in [-0.15, -0.1) is 0 Å². The Morgan fingerprint density at radius 1 is 0.424 bits per heavy atom. The van der Waals surface area contributed by atoms with Crippen LogP contribution in [-0.2, 0) is 71.2 Å². The van der Waals surface area contributed by atoms with Crippen molar-refractivity contribution in [3.05, 3.63) is 197 Å². The van der Waals surface area contributed by atoms with E-state index in [1.165, 1.54) is 26.0 Å². The molecule has 5 rings (SSSR count). The first-order chi connectivity index (χ1) is 43.4. The van der Waals surface area contributed by atoms with Crippen molar-refractivity contribution in [1.29, 1.82) is 0 Å². The predicted octanol–water partition coefficient (Wildman–Crippen LogP) is 13.8. The van der Waals surface area contributed by atoms with Crippen LogP contribution in [-0.4, -0.2) is 73.9 Å².